The van der Waals surface area contributed by atoms with Crippen LogP contribution in [-0.4, -0.2) is 40.5 Å². The van der Waals surface area contributed by atoms with Crippen LogP contribution in [0.1, 0.15) is 0 Å². The Morgan fingerprint density at radius 1 is 1.24 bits per heavy atom. The summed E-state index contributed by atoms with van der Waals surface area (Å²) in [6.45, 7) is 1.18. The van der Waals surface area contributed by atoms with Crippen LogP contribution in [0, 0.1) is 0 Å². The summed E-state index contributed by atoms with van der Waals surface area (Å²) in [6, 6.07) is 3.47. The topological polar surface area (TPSA) is 91.0 Å². The molecule has 2 aromatic heterocycles. The van der Waals surface area contributed by atoms with Gasteiger partial charge in [-0.1, -0.05) is 11.6 Å². The van der Waals surface area contributed by atoms with Crippen LogP contribution in [-0.2, 0) is 4.79 Å². The molecule has 2 aromatic rings. The Bertz CT molecular complexity index is 731. The van der Waals surface area contributed by atoms with Gasteiger partial charge in [-0.05, 0) is 12.1 Å². The molecule has 0 spiro atoms. The number of aromatic amines is 1. The van der Waals surface area contributed by atoms with E-state index >= 15 is 0 Å². The quantitative estimate of drug-likeness (QED) is 0.839. The highest BCUT2D eigenvalue weighted by Crippen LogP contribution is 2.23. The molecule has 0 saturated carbocycles. The molecule has 21 heavy (non-hydrogen) atoms. The number of hydrogen-bond donors (Lipinski definition) is 2. The van der Waals surface area contributed by atoms with Crippen LogP contribution in [0.15, 0.2) is 29.3 Å². The lowest BCUT2D eigenvalue weighted by atomic mass is 10.2. The van der Waals surface area contributed by atoms with Crippen LogP contribution < -0.4 is 15.8 Å². The lowest BCUT2D eigenvalue weighted by molar-refractivity contribution is -0.120. The average Bonchev–Trinajstić information content (AvgIpc) is 2.51. The molecule has 0 aliphatic carbocycles. The first-order chi connectivity index (χ1) is 10.1. The maximum atomic E-state index is 12.0. The molecule has 0 aromatic carbocycles. The number of carbonyl (C=O) groups excluding carboxylic acids is 1. The molecule has 2 N–H and O–H groups in total. The van der Waals surface area contributed by atoms with Crippen molar-refractivity contribution in [3.8, 4) is 11.4 Å². The van der Waals surface area contributed by atoms with Crippen molar-refractivity contribution in [1.29, 1.82) is 0 Å². The summed E-state index contributed by atoms with van der Waals surface area (Å²) < 4.78 is 0. The van der Waals surface area contributed by atoms with Gasteiger partial charge < -0.3 is 15.2 Å². The summed E-state index contributed by atoms with van der Waals surface area (Å²) in [7, 11) is 0. The second-order valence-electron chi connectivity index (χ2n) is 4.56. The predicted molar refractivity (Wildman–Crippen MR) is 78.3 cm³/mol. The molecule has 1 aliphatic heterocycles. The van der Waals surface area contributed by atoms with Crippen molar-refractivity contribution < 1.29 is 4.79 Å². The Labute approximate surface area is 125 Å². The fraction of sp³-hybridized carbons (Fsp3) is 0.231. The van der Waals surface area contributed by atoms with Gasteiger partial charge in [0, 0.05) is 31.0 Å². The Morgan fingerprint density at radius 2 is 2.00 bits per heavy atom. The lowest BCUT2D eigenvalue weighted by Crippen LogP contribution is -2.48. The van der Waals surface area contributed by atoms with E-state index in [0.717, 1.165) is 5.56 Å². The van der Waals surface area contributed by atoms with Crippen LogP contribution in [0.25, 0.3) is 11.4 Å². The molecule has 1 aliphatic rings. The average molecular weight is 306 g/mol. The van der Waals surface area contributed by atoms with Crippen LogP contribution in [0.4, 0.5) is 5.82 Å². The minimum Gasteiger partial charge on any atom is -0.353 e. The first-order valence-electron chi connectivity index (χ1n) is 6.37. The number of nitrogens with zero attached hydrogens (tertiary/aromatic N) is 3. The standard InChI is InChI=1S/C13H12ClN5O2/c14-10-12(19-6-5-16-9(20)7-19)17-11(18-13(10)21)8-1-3-15-4-2-8/h1-4H,5-7H2,(H,16,20)(H,17,18,21). The minimum absolute atomic E-state index is 0.0116. The highest BCUT2D eigenvalue weighted by atomic mass is 35.5. The van der Waals surface area contributed by atoms with Gasteiger partial charge in [-0.3, -0.25) is 14.6 Å². The van der Waals surface area contributed by atoms with E-state index < -0.39 is 5.56 Å². The van der Waals surface area contributed by atoms with Gasteiger partial charge in [0.15, 0.2) is 5.82 Å². The van der Waals surface area contributed by atoms with Gasteiger partial charge in [0.25, 0.3) is 5.56 Å². The maximum Gasteiger partial charge on any atom is 0.272 e. The summed E-state index contributed by atoms with van der Waals surface area (Å²) in [5.41, 5.74) is 0.293. The molecule has 0 unspecified atom stereocenters. The fourth-order valence-electron chi connectivity index (χ4n) is 2.12. The summed E-state index contributed by atoms with van der Waals surface area (Å²) in [4.78, 5) is 36.1. The van der Waals surface area contributed by atoms with Crippen molar-refractivity contribution in [2.45, 2.75) is 0 Å². The summed E-state index contributed by atoms with van der Waals surface area (Å²) in [5.74, 6) is 0.597. The van der Waals surface area contributed by atoms with Crippen LogP contribution in [0.5, 0.6) is 0 Å². The zero-order valence-electron chi connectivity index (χ0n) is 11.0. The molecule has 1 fully saturated rings. The fourth-order valence-corrected chi connectivity index (χ4v) is 2.33. The zero-order valence-corrected chi connectivity index (χ0v) is 11.7. The molecule has 1 saturated heterocycles. The third-order valence-electron chi connectivity index (χ3n) is 3.14. The molecule has 108 valence electrons. The number of pyridine rings is 1. The summed E-state index contributed by atoms with van der Waals surface area (Å²) >= 11 is 6.04. The smallest absolute Gasteiger partial charge is 0.272 e. The van der Waals surface area contributed by atoms with Crippen molar-refractivity contribution >= 4 is 23.3 Å². The second-order valence-corrected chi connectivity index (χ2v) is 4.94. The number of anilines is 1. The number of amides is 1. The zero-order chi connectivity index (χ0) is 14.8. The largest absolute Gasteiger partial charge is 0.353 e. The normalized spacial score (nSPS) is 14.9. The summed E-state index contributed by atoms with van der Waals surface area (Å²) in [6.07, 6.45) is 3.22. The van der Waals surface area contributed by atoms with Gasteiger partial charge in [0.1, 0.15) is 10.8 Å². The third-order valence-corrected chi connectivity index (χ3v) is 3.48. The Kier molecular flexibility index (Phi) is 3.57. The van der Waals surface area contributed by atoms with E-state index in [1.807, 2.05) is 0 Å². The molecule has 7 nitrogen and oxygen atoms in total. The molecule has 8 heteroatoms. The first-order valence-corrected chi connectivity index (χ1v) is 6.75. The number of H-pyrrole nitrogens is 1. The molecule has 3 heterocycles. The van der Waals surface area contributed by atoms with Gasteiger partial charge in [-0.15, -0.1) is 0 Å². The van der Waals surface area contributed by atoms with Gasteiger partial charge in [-0.25, -0.2) is 4.98 Å². The molecule has 3 rings (SSSR count). The Morgan fingerprint density at radius 3 is 2.71 bits per heavy atom. The van der Waals surface area contributed by atoms with E-state index in [1.54, 1.807) is 29.4 Å². The van der Waals surface area contributed by atoms with Gasteiger partial charge in [0.2, 0.25) is 5.91 Å². The van der Waals surface area contributed by atoms with E-state index in [2.05, 4.69) is 20.3 Å². The Hall–Kier alpha value is -2.41. The number of halogens is 1. The van der Waals surface area contributed by atoms with E-state index in [-0.39, 0.29) is 17.5 Å². The third kappa shape index (κ3) is 2.73. The second kappa shape index (κ2) is 5.53. The van der Waals surface area contributed by atoms with Crippen molar-refractivity contribution in [3.05, 3.63) is 39.9 Å². The van der Waals surface area contributed by atoms with Crippen molar-refractivity contribution in [2.24, 2.45) is 0 Å². The Balaban J connectivity index is 2.06. The van der Waals surface area contributed by atoms with E-state index in [0.29, 0.717) is 24.7 Å². The molecule has 0 atom stereocenters. The molecular formula is C13H12ClN5O2. The molecule has 0 radical (unpaired) electrons. The number of carbonyl (C=O) groups is 1. The first kappa shape index (κ1) is 13.6. The van der Waals surface area contributed by atoms with Gasteiger partial charge >= 0.3 is 0 Å². The van der Waals surface area contributed by atoms with Crippen LogP contribution in [0.3, 0.4) is 0 Å². The maximum absolute atomic E-state index is 12.0. The SMILES string of the molecule is O=C1CN(c2nc(-c3ccncc3)[nH]c(=O)c2Cl)CCN1. The monoisotopic (exact) mass is 305 g/mol. The van der Waals surface area contributed by atoms with Crippen molar-refractivity contribution in [1.82, 2.24) is 20.3 Å². The van der Waals surface area contributed by atoms with Gasteiger partial charge in [-0.2, -0.15) is 0 Å². The molecule has 0 bridgehead atoms. The van der Waals surface area contributed by atoms with E-state index in [9.17, 15) is 9.59 Å². The number of nitrogens with one attached hydrogen (secondary N) is 2. The highest BCUT2D eigenvalue weighted by Gasteiger charge is 2.22. The minimum atomic E-state index is -0.431. The van der Waals surface area contributed by atoms with E-state index in [1.165, 1.54) is 0 Å². The number of piperazine rings is 1. The summed E-state index contributed by atoms with van der Waals surface area (Å²) in [5, 5.41) is 2.70. The van der Waals surface area contributed by atoms with Crippen LogP contribution >= 0.6 is 11.6 Å². The lowest BCUT2D eigenvalue weighted by Gasteiger charge is -2.28. The number of aromatic nitrogens is 3. The highest BCUT2D eigenvalue weighted by molar-refractivity contribution is 6.32. The molecule has 1 amide bonds. The van der Waals surface area contributed by atoms with E-state index in [4.69, 9.17) is 11.6 Å². The number of rotatable bonds is 2. The van der Waals surface area contributed by atoms with Gasteiger partial charge in [0.05, 0.1) is 6.54 Å². The molecular weight excluding hydrogens is 294 g/mol. The van der Waals surface area contributed by atoms with Crippen molar-refractivity contribution in [2.75, 3.05) is 24.5 Å². The predicted octanol–water partition coefficient (Wildman–Crippen LogP) is 0.421. The van der Waals surface area contributed by atoms with Crippen LogP contribution in [0.2, 0.25) is 5.02 Å². The van der Waals surface area contributed by atoms with Crippen molar-refractivity contribution in [3.63, 3.8) is 0 Å². The number of hydrogen-bond acceptors (Lipinski definition) is 5.